The molecule has 1 aliphatic rings. The van der Waals surface area contributed by atoms with Gasteiger partial charge in [-0.25, -0.2) is 4.79 Å². The molecule has 1 saturated heterocycles. The van der Waals surface area contributed by atoms with Gasteiger partial charge in [0.15, 0.2) is 0 Å². The second-order valence-corrected chi connectivity index (χ2v) is 5.78. The van der Waals surface area contributed by atoms with Crippen molar-refractivity contribution < 1.29 is 14.4 Å². The van der Waals surface area contributed by atoms with Gasteiger partial charge in [0.2, 0.25) is 5.91 Å². The second kappa shape index (κ2) is 5.67. The predicted molar refractivity (Wildman–Crippen MR) is 67.3 cm³/mol. The van der Waals surface area contributed by atoms with Crippen molar-refractivity contribution in [3.63, 3.8) is 0 Å². The molecule has 1 aliphatic heterocycles. The van der Waals surface area contributed by atoms with E-state index in [1.807, 2.05) is 0 Å². The number of hydrogen-bond acceptors (Lipinski definition) is 5. The van der Waals surface area contributed by atoms with Crippen LogP contribution in [0.2, 0.25) is 0 Å². The van der Waals surface area contributed by atoms with Crippen molar-refractivity contribution in [2.45, 2.75) is 33.2 Å². The van der Waals surface area contributed by atoms with Crippen LogP contribution in [0, 0.1) is 11.3 Å². The van der Waals surface area contributed by atoms with Crippen LogP contribution in [0.4, 0.5) is 0 Å². The summed E-state index contributed by atoms with van der Waals surface area (Å²) in [6, 6.07) is -0.159. The van der Waals surface area contributed by atoms with Gasteiger partial charge in [-0.1, -0.05) is 0 Å². The van der Waals surface area contributed by atoms with Crippen LogP contribution in [0.5, 0.6) is 0 Å². The molecule has 0 aromatic heterocycles. The lowest BCUT2D eigenvalue weighted by atomic mass is 9.95. The molecule has 0 aliphatic carbocycles. The van der Waals surface area contributed by atoms with E-state index in [1.54, 1.807) is 27.8 Å². The molecule has 1 amide bonds. The molecule has 6 nitrogen and oxygen atoms in total. The predicted octanol–water partition coefficient (Wildman–Crippen LogP) is -0.114. The third kappa shape index (κ3) is 3.96. The van der Waals surface area contributed by atoms with Gasteiger partial charge in [-0.15, -0.1) is 5.06 Å². The number of carbonyl (C=O) groups excluding carboxylic acids is 2. The SMILES string of the molecule is CNC(=O)C1CC(N)CN(OC(=O)C(C)(C)C)C1. The number of nitrogens with one attached hydrogen (secondary N) is 1. The van der Waals surface area contributed by atoms with Crippen LogP contribution in [0.15, 0.2) is 0 Å². The summed E-state index contributed by atoms with van der Waals surface area (Å²) in [6.07, 6.45) is 0.614. The molecule has 0 radical (unpaired) electrons. The third-order valence-electron chi connectivity index (χ3n) is 2.89. The lowest BCUT2D eigenvalue weighted by Crippen LogP contribution is -2.51. The molecular formula is C12H23N3O3. The first-order chi connectivity index (χ1) is 8.24. The van der Waals surface area contributed by atoms with Crippen molar-refractivity contribution >= 4 is 11.9 Å². The first-order valence-corrected chi connectivity index (χ1v) is 6.18. The zero-order valence-electron chi connectivity index (χ0n) is 11.5. The van der Waals surface area contributed by atoms with E-state index < -0.39 is 5.41 Å². The highest BCUT2D eigenvalue weighted by Crippen LogP contribution is 2.20. The van der Waals surface area contributed by atoms with Gasteiger partial charge in [-0.2, -0.15) is 0 Å². The average Bonchev–Trinajstić information content (AvgIpc) is 2.25. The van der Waals surface area contributed by atoms with Crippen molar-refractivity contribution in [2.75, 3.05) is 20.1 Å². The molecule has 2 atom stereocenters. The van der Waals surface area contributed by atoms with Crippen LogP contribution in [-0.2, 0) is 14.4 Å². The normalized spacial score (nSPS) is 25.6. The number of hydrogen-bond donors (Lipinski definition) is 2. The molecule has 0 spiro atoms. The highest BCUT2D eigenvalue weighted by Gasteiger charge is 2.33. The van der Waals surface area contributed by atoms with E-state index in [0.29, 0.717) is 19.5 Å². The molecule has 0 bridgehead atoms. The van der Waals surface area contributed by atoms with Gasteiger partial charge in [-0.3, -0.25) is 4.79 Å². The van der Waals surface area contributed by atoms with Gasteiger partial charge in [0.25, 0.3) is 0 Å². The first kappa shape index (κ1) is 14.9. The zero-order chi connectivity index (χ0) is 13.9. The average molecular weight is 257 g/mol. The van der Waals surface area contributed by atoms with Crippen LogP contribution in [0.1, 0.15) is 27.2 Å². The summed E-state index contributed by atoms with van der Waals surface area (Å²) < 4.78 is 0. The summed E-state index contributed by atoms with van der Waals surface area (Å²) in [5.74, 6) is -0.610. The fraction of sp³-hybridized carbons (Fsp3) is 0.833. The topological polar surface area (TPSA) is 84.7 Å². The van der Waals surface area contributed by atoms with E-state index in [2.05, 4.69) is 5.32 Å². The summed E-state index contributed by atoms with van der Waals surface area (Å²) in [5, 5.41) is 4.10. The Bertz CT molecular complexity index is 325. The molecular weight excluding hydrogens is 234 g/mol. The fourth-order valence-corrected chi connectivity index (χ4v) is 1.82. The van der Waals surface area contributed by atoms with Crippen LogP contribution >= 0.6 is 0 Å². The standard InChI is InChI=1S/C12H23N3O3/c1-12(2,3)11(17)18-15-6-8(10(16)14-4)5-9(13)7-15/h8-9H,5-7,13H2,1-4H3,(H,14,16). The van der Waals surface area contributed by atoms with Gasteiger partial charge < -0.3 is 15.9 Å². The molecule has 1 heterocycles. The van der Waals surface area contributed by atoms with E-state index in [0.717, 1.165) is 0 Å². The zero-order valence-corrected chi connectivity index (χ0v) is 11.5. The van der Waals surface area contributed by atoms with E-state index in [4.69, 9.17) is 10.6 Å². The number of amides is 1. The minimum atomic E-state index is -0.565. The Morgan fingerprint density at radius 2 is 1.94 bits per heavy atom. The lowest BCUT2D eigenvalue weighted by Gasteiger charge is -2.35. The Labute approximate surface area is 108 Å². The fourth-order valence-electron chi connectivity index (χ4n) is 1.82. The second-order valence-electron chi connectivity index (χ2n) is 5.78. The molecule has 1 fully saturated rings. The van der Waals surface area contributed by atoms with Gasteiger partial charge >= 0.3 is 5.97 Å². The number of rotatable bonds is 2. The highest BCUT2D eigenvalue weighted by atomic mass is 16.7. The largest absolute Gasteiger partial charge is 0.367 e. The summed E-state index contributed by atoms with van der Waals surface area (Å²) >= 11 is 0. The van der Waals surface area contributed by atoms with Crippen LogP contribution in [0.3, 0.4) is 0 Å². The number of carbonyl (C=O) groups is 2. The van der Waals surface area contributed by atoms with Crippen LogP contribution in [-0.4, -0.2) is 43.1 Å². The third-order valence-corrected chi connectivity index (χ3v) is 2.89. The maximum atomic E-state index is 11.8. The van der Waals surface area contributed by atoms with E-state index in [-0.39, 0.29) is 23.8 Å². The number of nitrogens with two attached hydrogens (primary N) is 1. The lowest BCUT2D eigenvalue weighted by molar-refractivity contribution is -0.209. The summed E-state index contributed by atoms with van der Waals surface area (Å²) in [5.41, 5.74) is 5.31. The van der Waals surface area contributed by atoms with Crippen molar-refractivity contribution in [3.8, 4) is 0 Å². The van der Waals surface area contributed by atoms with Crippen molar-refractivity contribution in [1.29, 1.82) is 0 Å². The van der Waals surface area contributed by atoms with Crippen LogP contribution in [0.25, 0.3) is 0 Å². The number of hydroxylamine groups is 2. The molecule has 3 N–H and O–H groups in total. The van der Waals surface area contributed by atoms with Crippen molar-refractivity contribution in [2.24, 2.45) is 17.1 Å². The quantitative estimate of drug-likeness (QED) is 0.721. The molecule has 18 heavy (non-hydrogen) atoms. The molecule has 6 heteroatoms. The summed E-state index contributed by atoms with van der Waals surface area (Å²) in [4.78, 5) is 28.7. The smallest absolute Gasteiger partial charge is 0.330 e. The maximum absolute atomic E-state index is 11.8. The Hall–Kier alpha value is -1.14. The van der Waals surface area contributed by atoms with Gasteiger partial charge in [-0.05, 0) is 27.2 Å². The Balaban J connectivity index is 2.61. The molecule has 1 rings (SSSR count). The van der Waals surface area contributed by atoms with Gasteiger partial charge in [0, 0.05) is 19.6 Å². The Kier molecular flexibility index (Phi) is 4.70. The van der Waals surface area contributed by atoms with Crippen LogP contribution < -0.4 is 11.1 Å². The van der Waals surface area contributed by atoms with Gasteiger partial charge in [0.1, 0.15) is 0 Å². The number of piperidine rings is 1. The summed E-state index contributed by atoms with van der Waals surface area (Å²) in [7, 11) is 1.59. The minimum absolute atomic E-state index is 0.0676. The van der Waals surface area contributed by atoms with E-state index in [1.165, 1.54) is 5.06 Å². The van der Waals surface area contributed by atoms with E-state index >= 15 is 0 Å². The molecule has 0 aromatic rings. The van der Waals surface area contributed by atoms with Crippen molar-refractivity contribution in [1.82, 2.24) is 10.4 Å². The Morgan fingerprint density at radius 1 is 1.33 bits per heavy atom. The van der Waals surface area contributed by atoms with E-state index in [9.17, 15) is 9.59 Å². The molecule has 0 saturated carbocycles. The molecule has 0 aromatic carbocycles. The monoisotopic (exact) mass is 257 g/mol. The molecule has 104 valence electrons. The highest BCUT2D eigenvalue weighted by molar-refractivity contribution is 5.79. The molecule has 2 unspecified atom stereocenters. The maximum Gasteiger partial charge on any atom is 0.330 e. The van der Waals surface area contributed by atoms with Gasteiger partial charge in [0.05, 0.1) is 17.9 Å². The first-order valence-electron chi connectivity index (χ1n) is 6.18. The Morgan fingerprint density at radius 3 is 2.44 bits per heavy atom. The summed E-state index contributed by atoms with van der Waals surface area (Å²) in [6.45, 7) is 6.23. The van der Waals surface area contributed by atoms with Crippen molar-refractivity contribution in [3.05, 3.63) is 0 Å². The number of nitrogens with zero attached hydrogens (tertiary/aromatic N) is 1. The minimum Gasteiger partial charge on any atom is -0.367 e.